The Balaban J connectivity index is 1.90. The normalized spacial score (nSPS) is 48.4. The van der Waals surface area contributed by atoms with E-state index in [1.807, 2.05) is 0 Å². The van der Waals surface area contributed by atoms with E-state index in [0.29, 0.717) is 16.7 Å². The number of carbonyl (C=O) groups is 1. The fraction of sp³-hybridized carbons (Fsp3) is 0.941. The Labute approximate surface area is 117 Å². The van der Waals surface area contributed by atoms with Gasteiger partial charge in [-0.2, -0.15) is 0 Å². The van der Waals surface area contributed by atoms with Crippen LogP contribution in [0.4, 0.5) is 0 Å². The molecule has 0 aliphatic heterocycles. The fourth-order valence-electron chi connectivity index (χ4n) is 6.17. The van der Waals surface area contributed by atoms with Gasteiger partial charge in [-0.3, -0.25) is 4.79 Å². The van der Waals surface area contributed by atoms with Crippen LogP contribution in [-0.4, -0.2) is 11.4 Å². The van der Waals surface area contributed by atoms with Crippen LogP contribution in [0.3, 0.4) is 0 Å². The number of rotatable bonds is 1. The third kappa shape index (κ3) is 2.21. The summed E-state index contributed by atoms with van der Waals surface area (Å²) in [7, 11) is 0. The maximum Gasteiger partial charge on any atom is 0.226 e. The maximum atomic E-state index is 12.9. The third-order valence-corrected chi connectivity index (χ3v) is 5.60. The zero-order chi connectivity index (χ0) is 14.1. The molecule has 4 bridgehead atoms. The molecule has 2 nitrogen and oxygen atoms in total. The average molecular weight is 263 g/mol. The minimum absolute atomic E-state index is 0.0593. The number of hydrogen-bond acceptors (Lipinski definition) is 1. The molecule has 4 saturated carbocycles. The Hall–Kier alpha value is -0.530. The second-order valence-electron chi connectivity index (χ2n) is 9.61. The standard InChI is InChI=1S/C17H29NO/c1-14(2,3)18-13(19)17-8-12-6-15(4,10-17)9-16(5,7-12)11-17/h12H,6-11H2,1-5H3,(H,18,19). The van der Waals surface area contributed by atoms with Crippen LogP contribution in [0, 0.1) is 22.2 Å². The van der Waals surface area contributed by atoms with Crippen molar-refractivity contribution < 1.29 is 4.79 Å². The largest absolute Gasteiger partial charge is 0.351 e. The van der Waals surface area contributed by atoms with Gasteiger partial charge in [0.15, 0.2) is 0 Å². The molecule has 108 valence electrons. The van der Waals surface area contributed by atoms with Crippen molar-refractivity contribution in [2.24, 2.45) is 22.2 Å². The van der Waals surface area contributed by atoms with E-state index in [2.05, 4.69) is 39.9 Å². The summed E-state index contributed by atoms with van der Waals surface area (Å²) in [4.78, 5) is 12.9. The highest BCUT2D eigenvalue weighted by Crippen LogP contribution is 2.69. The Bertz CT molecular complexity index is 401. The van der Waals surface area contributed by atoms with Crippen molar-refractivity contribution in [3.05, 3.63) is 0 Å². The van der Waals surface area contributed by atoms with Gasteiger partial charge in [-0.1, -0.05) is 13.8 Å². The van der Waals surface area contributed by atoms with Gasteiger partial charge in [0.25, 0.3) is 0 Å². The van der Waals surface area contributed by atoms with Gasteiger partial charge < -0.3 is 5.32 Å². The van der Waals surface area contributed by atoms with E-state index in [1.165, 1.54) is 19.3 Å². The summed E-state index contributed by atoms with van der Waals surface area (Å²) in [6.45, 7) is 11.1. The minimum Gasteiger partial charge on any atom is -0.351 e. The van der Waals surface area contributed by atoms with Crippen molar-refractivity contribution in [2.45, 2.75) is 78.7 Å². The molecule has 2 atom stereocenters. The molecule has 4 fully saturated rings. The van der Waals surface area contributed by atoms with Crippen LogP contribution in [0.1, 0.15) is 73.1 Å². The van der Waals surface area contributed by atoms with Crippen molar-refractivity contribution in [3.63, 3.8) is 0 Å². The Morgan fingerprint density at radius 1 is 1.00 bits per heavy atom. The lowest BCUT2D eigenvalue weighted by Crippen LogP contribution is -2.61. The summed E-state index contributed by atoms with van der Waals surface area (Å²) >= 11 is 0. The van der Waals surface area contributed by atoms with Gasteiger partial charge in [0.1, 0.15) is 0 Å². The van der Waals surface area contributed by atoms with E-state index in [1.54, 1.807) is 0 Å². The number of nitrogens with one attached hydrogen (secondary N) is 1. The zero-order valence-electron chi connectivity index (χ0n) is 13.2. The van der Waals surface area contributed by atoms with Crippen LogP contribution >= 0.6 is 0 Å². The van der Waals surface area contributed by atoms with Crippen LogP contribution in [0.2, 0.25) is 0 Å². The minimum atomic E-state index is -0.109. The molecule has 4 aliphatic carbocycles. The molecule has 0 aromatic carbocycles. The van der Waals surface area contributed by atoms with Crippen LogP contribution in [0.5, 0.6) is 0 Å². The number of amides is 1. The van der Waals surface area contributed by atoms with E-state index >= 15 is 0 Å². The Morgan fingerprint density at radius 3 is 1.95 bits per heavy atom. The van der Waals surface area contributed by atoms with Gasteiger partial charge in [-0.15, -0.1) is 0 Å². The summed E-state index contributed by atoms with van der Waals surface area (Å²) < 4.78 is 0. The van der Waals surface area contributed by atoms with Crippen LogP contribution in [-0.2, 0) is 4.79 Å². The van der Waals surface area contributed by atoms with Gasteiger partial charge in [0.2, 0.25) is 5.91 Å². The Kier molecular flexibility index (Phi) is 2.52. The van der Waals surface area contributed by atoms with E-state index in [-0.39, 0.29) is 11.0 Å². The summed E-state index contributed by atoms with van der Waals surface area (Å²) in [6.07, 6.45) is 7.42. The summed E-state index contributed by atoms with van der Waals surface area (Å²) in [5, 5.41) is 3.27. The molecule has 1 N–H and O–H groups in total. The van der Waals surface area contributed by atoms with Gasteiger partial charge in [-0.25, -0.2) is 0 Å². The molecule has 0 saturated heterocycles. The molecular formula is C17H29NO. The highest BCUT2D eigenvalue weighted by molar-refractivity contribution is 5.84. The maximum absolute atomic E-state index is 12.9. The van der Waals surface area contributed by atoms with Crippen molar-refractivity contribution in [1.29, 1.82) is 0 Å². The van der Waals surface area contributed by atoms with E-state index in [4.69, 9.17) is 0 Å². The fourth-order valence-corrected chi connectivity index (χ4v) is 6.17. The van der Waals surface area contributed by atoms with Crippen molar-refractivity contribution in [1.82, 2.24) is 5.32 Å². The SMILES string of the molecule is CC12CC3CC(C)(C1)CC(C(=O)NC(C)(C)C)(C3)C2. The van der Waals surface area contributed by atoms with Crippen LogP contribution in [0.25, 0.3) is 0 Å². The second kappa shape index (κ2) is 3.56. The molecule has 4 aliphatic rings. The van der Waals surface area contributed by atoms with Gasteiger partial charge in [-0.05, 0) is 76.0 Å². The van der Waals surface area contributed by atoms with Gasteiger partial charge in [0, 0.05) is 5.54 Å². The van der Waals surface area contributed by atoms with Gasteiger partial charge >= 0.3 is 0 Å². The third-order valence-electron chi connectivity index (χ3n) is 5.60. The first-order valence-corrected chi connectivity index (χ1v) is 7.86. The lowest BCUT2D eigenvalue weighted by Gasteiger charge is -2.64. The quantitative estimate of drug-likeness (QED) is 0.764. The van der Waals surface area contributed by atoms with Crippen LogP contribution < -0.4 is 5.32 Å². The van der Waals surface area contributed by atoms with Crippen molar-refractivity contribution in [2.75, 3.05) is 0 Å². The first-order valence-electron chi connectivity index (χ1n) is 7.86. The highest BCUT2D eigenvalue weighted by atomic mass is 16.2. The molecule has 0 spiro atoms. The summed E-state index contributed by atoms with van der Waals surface area (Å²) in [5.74, 6) is 1.12. The van der Waals surface area contributed by atoms with Crippen LogP contribution in [0.15, 0.2) is 0 Å². The predicted octanol–water partition coefficient (Wildman–Crippen LogP) is 3.90. The zero-order valence-corrected chi connectivity index (χ0v) is 13.2. The van der Waals surface area contributed by atoms with E-state index in [9.17, 15) is 4.79 Å². The lowest BCUT2D eigenvalue weighted by molar-refractivity contribution is -0.171. The predicted molar refractivity (Wildman–Crippen MR) is 77.7 cm³/mol. The molecule has 0 aromatic heterocycles. The van der Waals surface area contributed by atoms with E-state index < -0.39 is 0 Å². The molecule has 0 aromatic rings. The number of carbonyl (C=O) groups excluding carboxylic acids is 1. The molecule has 0 radical (unpaired) electrons. The molecule has 1 amide bonds. The monoisotopic (exact) mass is 263 g/mol. The second-order valence-corrected chi connectivity index (χ2v) is 9.61. The van der Waals surface area contributed by atoms with E-state index in [0.717, 1.165) is 25.2 Å². The summed E-state index contributed by atoms with van der Waals surface area (Å²) in [5.41, 5.74) is 0.672. The molecule has 4 rings (SSSR count). The van der Waals surface area contributed by atoms with Crippen molar-refractivity contribution in [3.8, 4) is 0 Å². The number of hydrogen-bond donors (Lipinski definition) is 1. The molecule has 19 heavy (non-hydrogen) atoms. The molecule has 2 unspecified atom stereocenters. The first kappa shape index (κ1) is 13.5. The lowest BCUT2D eigenvalue weighted by atomic mass is 9.40. The Morgan fingerprint density at radius 2 is 1.53 bits per heavy atom. The molecule has 0 heterocycles. The summed E-state index contributed by atoms with van der Waals surface area (Å²) in [6, 6.07) is 0. The smallest absolute Gasteiger partial charge is 0.226 e. The average Bonchev–Trinajstić information content (AvgIpc) is 2.07. The van der Waals surface area contributed by atoms with Gasteiger partial charge in [0.05, 0.1) is 5.41 Å². The first-order chi connectivity index (χ1) is 8.53. The molecular weight excluding hydrogens is 234 g/mol. The molecule has 2 heteroatoms. The highest BCUT2D eigenvalue weighted by Gasteiger charge is 2.62. The van der Waals surface area contributed by atoms with Crippen molar-refractivity contribution >= 4 is 5.91 Å². The topological polar surface area (TPSA) is 29.1 Å².